The van der Waals surface area contributed by atoms with Crippen molar-refractivity contribution < 1.29 is 8.42 Å². The van der Waals surface area contributed by atoms with E-state index in [1.165, 1.54) is 7.05 Å². The van der Waals surface area contributed by atoms with Crippen molar-refractivity contribution >= 4 is 10.0 Å². The Labute approximate surface area is 110 Å². The SMILES string of the molecule is CCC1(CNS(=O)(=O)c2cn(C)c(=O)[nH]c2=O)CC1. The molecule has 19 heavy (non-hydrogen) atoms. The molecule has 1 fully saturated rings. The minimum absolute atomic E-state index is 0.0422. The molecule has 2 N–H and O–H groups in total. The van der Waals surface area contributed by atoms with Crippen molar-refractivity contribution in [3.63, 3.8) is 0 Å². The molecular weight excluding hydrogens is 270 g/mol. The Morgan fingerprint density at radius 1 is 1.42 bits per heavy atom. The number of nitrogens with one attached hydrogen (secondary N) is 2. The summed E-state index contributed by atoms with van der Waals surface area (Å²) in [5, 5.41) is 0. The van der Waals surface area contributed by atoms with Crippen molar-refractivity contribution in [2.24, 2.45) is 12.5 Å². The van der Waals surface area contributed by atoms with Crippen LogP contribution in [0.2, 0.25) is 0 Å². The van der Waals surface area contributed by atoms with Gasteiger partial charge in [0.15, 0.2) is 4.90 Å². The quantitative estimate of drug-likeness (QED) is 0.765. The Morgan fingerprint density at radius 2 is 2.05 bits per heavy atom. The van der Waals surface area contributed by atoms with Crippen LogP contribution in [0.1, 0.15) is 26.2 Å². The number of sulfonamides is 1. The first-order valence-electron chi connectivity index (χ1n) is 6.09. The Hall–Kier alpha value is -1.41. The van der Waals surface area contributed by atoms with Gasteiger partial charge in [-0.2, -0.15) is 0 Å². The van der Waals surface area contributed by atoms with Gasteiger partial charge in [0.2, 0.25) is 10.0 Å². The molecule has 1 aromatic rings. The van der Waals surface area contributed by atoms with Gasteiger partial charge < -0.3 is 4.57 Å². The molecule has 0 bridgehead atoms. The summed E-state index contributed by atoms with van der Waals surface area (Å²) in [5.74, 6) is 0. The van der Waals surface area contributed by atoms with Crippen LogP contribution in [0.5, 0.6) is 0 Å². The predicted molar refractivity (Wildman–Crippen MR) is 69.5 cm³/mol. The smallest absolute Gasteiger partial charge is 0.302 e. The molecule has 0 spiro atoms. The molecule has 0 aliphatic heterocycles. The molecule has 1 aliphatic rings. The highest BCUT2D eigenvalue weighted by molar-refractivity contribution is 7.89. The minimum Gasteiger partial charge on any atom is -0.302 e. The van der Waals surface area contributed by atoms with Crippen LogP contribution in [-0.4, -0.2) is 24.5 Å². The summed E-state index contributed by atoms with van der Waals surface area (Å²) in [7, 11) is -2.51. The van der Waals surface area contributed by atoms with Crippen LogP contribution >= 0.6 is 0 Å². The van der Waals surface area contributed by atoms with Crippen LogP contribution < -0.4 is 16.0 Å². The Bertz CT molecular complexity index is 697. The molecule has 0 aromatic carbocycles. The summed E-state index contributed by atoms with van der Waals surface area (Å²) in [6, 6.07) is 0. The number of aromatic nitrogens is 2. The van der Waals surface area contributed by atoms with E-state index in [1.54, 1.807) is 0 Å². The zero-order valence-electron chi connectivity index (χ0n) is 10.9. The van der Waals surface area contributed by atoms with Gasteiger partial charge in [-0.1, -0.05) is 6.92 Å². The van der Waals surface area contributed by atoms with Gasteiger partial charge in [-0.3, -0.25) is 9.78 Å². The van der Waals surface area contributed by atoms with Crippen LogP contribution in [0, 0.1) is 5.41 Å². The Morgan fingerprint density at radius 3 is 2.58 bits per heavy atom. The lowest BCUT2D eigenvalue weighted by Crippen LogP contribution is -2.37. The van der Waals surface area contributed by atoms with Crippen molar-refractivity contribution in [3.8, 4) is 0 Å². The number of rotatable bonds is 5. The van der Waals surface area contributed by atoms with Crippen LogP contribution in [0.3, 0.4) is 0 Å². The van der Waals surface area contributed by atoms with E-state index < -0.39 is 26.2 Å². The first-order chi connectivity index (χ1) is 8.80. The topological polar surface area (TPSA) is 101 Å². The third kappa shape index (κ3) is 2.79. The Kier molecular flexibility index (Phi) is 3.40. The Balaban J connectivity index is 2.27. The second-order valence-electron chi connectivity index (χ2n) is 5.04. The highest BCUT2D eigenvalue weighted by Gasteiger charge is 2.41. The number of aryl methyl sites for hydroxylation is 1. The molecule has 1 saturated carbocycles. The summed E-state index contributed by atoms with van der Waals surface area (Å²) < 4.78 is 27.6. The van der Waals surface area contributed by atoms with Gasteiger partial charge in [-0.25, -0.2) is 17.9 Å². The van der Waals surface area contributed by atoms with Crippen molar-refractivity contribution in [2.45, 2.75) is 31.1 Å². The maximum Gasteiger partial charge on any atom is 0.328 e. The van der Waals surface area contributed by atoms with Crippen molar-refractivity contribution in [1.82, 2.24) is 14.3 Å². The van der Waals surface area contributed by atoms with Gasteiger partial charge in [0, 0.05) is 19.8 Å². The summed E-state index contributed by atoms with van der Waals surface area (Å²) in [4.78, 5) is 24.3. The molecule has 1 heterocycles. The van der Waals surface area contributed by atoms with Crippen LogP contribution in [0.4, 0.5) is 0 Å². The van der Waals surface area contributed by atoms with Crippen molar-refractivity contribution in [2.75, 3.05) is 6.54 Å². The number of H-pyrrole nitrogens is 1. The maximum atomic E-state index is 12.1. The molecule has 8 heteroatoms. The van der Waals surface area contributed by atoms with E-state index in [9.17, 15) is 18.0 Å². The molecule has 1 aliphatic carbocycles. The zero-order chi connectivity index (χ0) is 14.3. The van der Waals surface area contributed by atoms with E-state index in [1.807, 2.05) is 11.9 Å². The van der Waals surface area contributed by atoms with Gasteiger partial charge in [-0.05, 0) is 24.7 Å². The largest absolute Gasteiger partial charge is 0.328 e. The van der Waals surface area contributed by atoms with Crippen LogP contribution in [0.25, 0.3) is 0 Å². The fourth-order valence-electron chi connectivity index (χ4n) is 1.89. The molecule has 0 unspecified atom stereocenters. The molecule has 1 aromatic heterocycles. The molecule has 0 atom stereocenters. The summed E-state index contributed by atoms with van der Waals surface area (Å²) in [6.45, 7) is 2.34. The molecule has 0 amide bonds. The number of nitrogens with zero attached hydrogens (tertiary/aromatic N) is 1. The van der Waals surface area contributed by atoms with E-state index in [-0.39, 0.29) is 5.41 Å². The molecule has 7 nitrogen and oxygen atoms in total. The third-order valence-corrected chi connectivity index (χ3v) is 5.10. The van der Waals surface area contributed by atoms with E-state index >= 15 is 0 Å². The lowest BCUT2D eigenvalue weighted by atomic mass is 10.1. The van der Waals surface area contributed by atoms with E-state index in [0.29, 0.717) is 6.54 Å². The van der Waals surface area contributed by atoms with Crippen molar-refractivity contribution in [3.05, 3.63) is 27.0 Å². The maximum absolute atomic E-state index is 12.1. The molecule has 2 rings (SSSR count). The highest BCUT2D eigenvalue weighted by atomic mass is 32.2. The first kappa shape index (κ1) is 14.0. The molecule has 106 valence electrons. The fraction of sp³-hybridized carbons (Fsp3) is 0.636. The normalized spacial score (nSPS) is 17.4. The number of hydrogen-bond donors (Lipinski definition) is 2. The van der Waals surface area contributed by atoms with E-state index in [2.05, 4.69) is 4.72 Å². The van der Waals surface area contributed by atoms with Gasteiger partial charge in [0.25, 0.3) is 5.56 Å². The summed E-state index contributed by atoms with van der Waals surface area (Å²) in [5.41, 5.74) is -1.49. The predicted octanol–water partition coefficient (Wildman–Crippen LogP) is -0.458. The lowest BCUT2D eigenvalue weighted by molar-refractivity contribution is 0.475. The standard InChI is InChI=1S/C11H17N3O4S/c1-3-11(4-5-11)7-12-19(17,18)8-6-14(2)10(16)13-9(8)15/h6,12H,3-5,7H2,1-2H3,(H,13,15,16). The number of hydrogen-bond acceptors (Lipinski definition) is 4. The molecular formula is C11H17N3O4S. The van der Waals surface area contributed by atoms with Gasteiger partial charge >= 0.3 is 5.69 Å². The summed E-state index contributed by atoms with van der Waals surface area (Å²) >= 11 is 0. The average molecular weight is 287 g/mol. The van der Waals surface area contributed by atoms with Crippen molar-refractivity contribution in [1.29, 1.82) is 0 Å². The van der Waals surface area contributed by atoms with E-state index in [4.69, 9.17) is 0 Å². The molecule has 0 saturated heterocycles. The van der Waals surface area contributed by atoms with Gasteiger partial charge in [0.05, 0.1) is 0 Å². The van der Waals surface area contributed by atoms with Gasteiger partial charge in [0.1, 0.15) is 0 Å². The van der Waals surface area contributed by atoms with Crippen LogP contribution in [0.15, 0.2) is 20.7 Å². The average Bonchev–Trinajstić information content (AvgIpc) is 3.12. The number of aromatic amines is 1. The zero-order valence-corrected chi connectivity index (χ0v) is 11.7. The minimum atomic E-state index is -3.89. The van der Waals surface area contributed by atoms with Crippen LogP contribution in [-0.2, 0) is 17.1 Å². The highest BCUT2D eigenvalue weighted by Crippen LogP contribution is 2.47. The second kappa shape index (κ2) is 4.61. The summed E-state index contributed by atoms with van der Waals surface area (Å²) in [6.07, 6.45) is 3.93. The van der Waals surface area contributed by atoms with Gasteiger partial charge in [-0.15, -0.1) is 0 Å². The fourth-order valence-corrected chi connectivity index (χ4v) is 3.13. The third-order valence-electron chi connectivity index (χ3n) is 3.71. The second-order valence-corrected chi connectivity index (χ2v) is 6.78. The molecule has 0 radical (unpaired) electrons. The van der Waals surface area contributed by atoms with E-state index in [0.717, 1.165) is 30.0 Å². The monoisotopic (exact) mass is 287 g/mol. The first-order valence-corrected chi connectivity index (χ1v) is 7.58. The lowest BCUT2D eigenvalue weighted by Gasteiger charge is -2.13.